The molecular formula is C44H47N5O9S2. The van der Waals surface area contributed by atoms with Crippen molar-refractivity contribution in [2.24, 2.45) is 5.16 Å². The normalized spacial score (nSPS) is 16.9. The van der Waals surface area contributed by atoms with Crippen LogP contribution in [0.4, 0.5) is 5.13 Å². The molecule has 16 heteroatoms. The smallest absolute Gasteiger partial charge is 0.355 e. The number of hydrogen-bond donors (Lipinski definition) is 2. The molecule has 4 aromatic rings. The Bertz CT molecular complexity index is 2190. The summed E-state index contributed by atoms with van der Waals surface area (Å²) in [5.41, 5.74) is 0.350. The van der Waals surface area contributed by atoms with Crippen molar-refractivity contribution in [2.45, 2.75) is 76.6 Å². The standard InChI is InChI=1S/C44H47N5O9S2/c1-27(50)55-23-28-25-59-39-35(38(53)49(39)36(28)40(54)58-43(5,6)7)46-37(52)34(48-56-24-33(51)57-42(2,3)4)32-26-60-41(45-32)47-44(29-17-11-8-12-18-29,30-19-13-9-14-20-30)31-21-15-10-16-22-31/h8-22,26,35,39H,23-25H2,1-7H3,(H,45,47)(H,46,52)/b48-34-/t35-,39-/m1/s1. The van der Waals surface area contributed by atoms with Crippen molar-refractivity contribution in [3.05, 3.63) is 130 Å². The molecule has 0 aliphatic carbocycles. The highest BCUT2D eigenvalue weighted by Crippen LogP contribution is 2.42. The Morgan fingerprint density at radius 3 is 1.90 bits per heavy atom. The van der Waals surface area contributed by atoms with E-state index in [1.165, 1.54) is 34.9 Å². The Hall–Kier alpha value is -6.00. The molecule has 314 valence electrons. The summed E-state index contributed by atoms with van der Waals surface area (Å²) in [6.45, 7) is 10.7. The van der Waals surface area contributed by atoms with Gasteiger partial charge in [-0.25, -0.2) is 14.6 Å². The highest BCUT2D eigenvalue weighted by molar-refractivity contribution is 8.00. The van der Waals surface area contributed by atoms with Crippen LogP contribution in [0, 0.1) is 0 Å². The molecule has 1 aromatic heterocycles. The maximum absolute atomic E-state index is 14.2. The summed E-state index contributed by atoms with van der Waals surface area (Å²) < 4.78 is 16.2. The number of rotatable bonds is 14. The van der Waals surface area contributed by atoms with Gasteiger partial charge in [-0.2, -0.15) is 0 Å². The first-order valence-corrected chi connectivity index (χ1v) is 21.1. The van der Waals surface area contributed by atoms with Crippen LogP contribution in [-0.2, 0) is 48.6 Å². The van der Waals surface area contributed by atoms with Crippen molar-refractivity contribution in [2.75, 3.05) is 24.3 Å². The Labute approximate surface area is 356 Å². The predicted octanol–water partition coefficient (Wildman–Crippen LogP) is 6.17. The lowest BCUT2D eigenvalue weighted by molar-refractivity contribution is -0.160. The van der Waals surface area contributed by atoms with Gasteiger partial charge in [-0.15, -0.1) is 23.1 Å². The topological polar surface area (TPSA) is 175 Å². The fraction of sp³-hybridized carbons (Fsp3) is 0.341. The molecule has 0 unspecified atom stereocenters. The van der Waals surface area contributed by atoms with Crippen LogP contribution in [0.5, 0.6) is 0 Å². The predicted molar refractivity (Wildman–Crippen MR) is 228 cm³/mol. The molecule has 3 heterocycles. The number of esters is 3. The fourth-order valence-electron chi connectivity index (χ4n) is 6.61. The van der Waals surface area contributed by atoms with E-state index in [1.54, 1.807) is 46.9 Å². The molecule has 2 amide bonds. The van der Waals surface area contributed by atoms with Crippen LogP contribution in [-0.4, -0.2) is 86.9 Å². The number of oxime groups is 1. The first kappa shape index (κ1) is 43.6. The second kappa shape index (κ2) is 18.1. The van der Waals surface area contributed by atoms with Crippen LogP contribution in [0.1, 0.15) is 70.9 Å². The minimum atomic E-state index is -1.09. The number of nitrogens with one attached hydrogen (secondary N) is 2. The highest BCUT2D eigenvalue weighted by atomic mass is 32.2. The van der Waals surface area contributed by atoms with E-state index in [-0.39, 0.29) is 29.5 Å². The second-order valence-corrected chi connectivity index (χ2v) is 17.9. The molecule has 1 fully saturated rings. The van der Waals surface area contributed by atoms with Gasteiger partial charge in [-0.05, 0) is 58.2 Å². The Morgan fingerprint density at radius 1 is 0.833 bits per heavy atom. The highest BCUT2D eigenvalue weighted by Gasteiger charge is 2.55. The van der Waals surface area contributed by atoms with E-state index in [2.05, 4.69) is 15.8 Å². The van der Waals surface area contributed by atoms with Crippen molar-refractivity contribution >= 4 is 63.7 Å². The number of thiazole rings is 1. The number of β-lactam (4-membered cyclic amide) rings is 1. The maximum Gasteiger partial charge on any atom is 0.355 e. The van der Waals surface area contributed by atoms with Gasteiger partial charge in [0.05, 0.1) is 0 Å². The Morgan fingerprint density at radius 2 is 1.38 bits per heavy atom. The lowest BCUT2D eigenvalue weighted by atomic mass is 9.77. The molecule has 2 N–H and O–H groups in total. The third-order valence-corrected chi connectivity index (χ3v) is 11.1. The second-order valence-electron chi connectivity index (χ2n) is 15.9. The summed E-state index contributed by atoms with van der Waals surface area (Å²) in [5.74, 6) is -3.20. The number of aromatic nitrogens is 1. The number of nitrogens with zero attached hydrogens (tertiary/aromatic N) is 3. The molecule has 0 bridgehead atoms. The summed E-state index contributed by atoms with van der Waals surface area (Å²) in [6.07, 6.45) is 0. The van der Waals surface area contributed by atoms with E-state index in [9.17, 15) is 24.0 Å². The summed E-state index contributed by atoms with van der Waals surface area (Å²) in [6, 6.07) is 28.7. The minimum Gasteiger partial charge on any atom is -0.461 e. The first-order chi connectivity index (χ1) is 28.5. The summed E-state index contributed by atoms with van der Waals surface area (Å²) in [4.78, 5) is 77.3. The van der Waals surface area contributed by atoms with Crippen LogP contribution >= 0.6 is 23.1 Å². The van der Waals surface area contributed by atoms with Gasteiger partial charge >= 0.3 is 17.9 Å². The van der Waals surface area contributed by atoms with E-state index < -0.39 is 64.5 Å². The molecule has 3 aromatic carbocycles. The molecule has 2 aliphatic heterocycles. The number of hydrogen-bond acceptors (Lipinski definition) is 14. The number of ether oxygens (including phenoxy) is 3. The number of thioether (sulfide) groups is 1. The van der Waals surface area contributed by atoms with Gasteiger partial charge in [0.2, 0.25) is 6.61 Å². The summed E-state index contributed by atoms with van der Waals surface area (Å²) in [5, 5.41) is 11.9. The van der Waals surface area contributed by atoms with Crippen molar-refractivity contribution in [1.82, 2.24) is 15.2 Å². The van der Waals surface area contributed by atoms with Crippen molar-refractivity contribution in [3.63, 3.8) is 0 Å². The van der Waals surface area contributed by atoms with Gasteiger partial charge in [0.25, 0.3) is 11.8 Å². The average Bonchev–Trinajstić information content (AvgIpc) is 3.66. The Balaban J connectivity index is 1.32. The Kier molecular flexibility index (Phi) is 13.1. The SMILES string of the molecule is CC(=O)OCC1=C(C(=O)OC(C)(C)C)N2C(=O)[C@@H](NC(=O)/C(=N\OCC(=O)OC(C)(C)C)c3csc(NC(c4ccccc4)(c4ccccc4)c4ccccc4)n3)[C@H]2SC1. The number of benzene rings is 3. The van der Waals surface area contributed by atoms with Gasteiger partial charge in [0, 0.05) is 23.6 Å². The molecule has 2 aliphatic rings. The molecule has 6 rings (SSSR count). The van der Waals surface area contributed by atoms with E-state index in [0.29, 0.717) is 10.7 Å². The van der Waals surface area contributed by atoms with Crippen molar-refractivity contribution < 1.29 is 43.0 Å². The van der Waals surface area contributed by atoms with Gasteiger partial charge in [-0.3, -0.25) is 19.3 Å². The van der Waals surface area contributed by atoms with E-state index in [4.69, 9.17) is 24.0 Å². The quantitative estimate of drug-likeness (QED) is 0.0370. The number of carbonyl (C=O) groups is 5. The molecule has 0 spiro atoms. The molecule has 60 heavy (non-hydrogen) atoms. The lowest BCUT2D eigenvalue weighted by Crippen LogP contribution is -2.71. The average molecular weight is 854 g/mol. The fourth-order valence-corrected chi connectivity index (χ4v) is 8.69. The molecule has 0 radical (unpaired) electrons. The molecular weight excluding hydrogens is 807 g/mol. The van der Waals surface area contributed by atoms with Gasteiger partial charge in [0.15, 0.2) is 10.8 Å². The van der Waals surface area contributed by atoms with Crippen molar-refractivity contribution in [3.8, 4) is 0 Å². The number of amides is 2. The monoisotopic (exact) mass is 853 g/mol. The van der Waals surface area contributed by atoms with E-state index in [0.717, 1.165) is 16.7 Å². The summed E-state index contributed by atoms with van der Waals surface area (Å²) >= 11 is 2.50. The third-order valence-electron chi connectivity index (χ3n) is 9.01. The van der Waals surface area contributed by atoms with Crippen LogP contribution < -0.4 is 10.6 Å². The van der Waals surface area contributed by atoms with Gasteiger partial charge in [-0.1, -0.05) is 96.2 Å². The zero-order valence-corrected chi connectivity index (χ0v) is 36.0. The zero-order chi connectivity index (χ0) is 43.2. The molecule has 1 saturated heterocycles. The van der Waals surface area contributed by atoms with Crippen LogP contribution in [0.25, 0.3) is 0 Å². The van der Waals surface area contributed by atoms with E-state index in [1.807, 2.05) is 91.0 Å². The third kappa shape index (κ3) is 10.1. The van der Waals surface area contributed by atoms with Gasteiger partial charge in [0.1, 0.15) is 46.2 Å². The molecule has 2 atom stereocenters. The number of anilines is 1. The van der Waals surface area contributed by atoms with Crippen molar-refractivity contribution in [1.29, 1.82) is 0 Å². The largest absolute Gasteiger partial charge is 0.461 e. The number of carbonyl (C=O) groups excluding carboxylic acids is 5. The first-order valence-electron chi connectivity index (χ1n) is 19.1. The summed E-state index contributed by atoms with van der Waals surface area (Å²) in [7, 11) is 0. The minimum absolute atomic E-state index is 0.0334. The number of fused-ring (bicyclic) bond motifs is 1. The van der Waals surface area contributed by atoms with Crippen LogP contribution in [0.2, 0.25) is 0 Å². The molecule has 14 nitrogen and oxygen atoms in total. The maximum atomic E-state index is 14.2. The lowest BCUT2D eigenvalue weighted by Gasteiger charge is -2.49. The van der Waals surface area contributed by atoms with Crippen LogP contribution in [0.15, 0.2) is 113 Å². The van der Waals surface area contributed by atoms with E-state index >= 15 is 0 Å². The van der Waals surface area contributed by atoms with Gasteiger partial charge < -0.3 is 29.7 Å². The van der Waals surface area contributed by atoms with Crippen LogP contribution in [0.3, 0.4) is 0 Å². The zero-order valence-electron chi connectivity index (χ0n) is 34.3. The molecule has 0 saturated carbocycles.